The fourth-order valence-electron chi connectivity index (χ4n) is 3.22. The monoisotopic (exact) mass is 378 g/mol. The third-order valence-corrected chi connectivity index (χ3v) is 4.85. The lowest BCUT2D eigenvalue weighted by Crippen LogP contribution is -2.34. The second-order valence-corrected chi connectivity index (χ2v) is 6.67. The Labute approximate surface area is 143 Å². The molecule has 1 aromatic heterocycles. The standard InChI is InChI=1S/C18H20BrFN2O/c1-21-11-16(23)18(13-5-2-6-14(20)10-13)22-9-8-12-4-3-7-15(19)17(12)22/h2-9,14,16,18,21,23H,10-11H2,1H3/t14?,16?,18-/m0/s1. The van der Waals surface area contributed by atoms with E-state index < -0.39 is 12.3 Å². The number of likely N-dealkylation sites (N-methyl/N-ethyl adjacent to an activating group) is 1. The van der Waals surface area contributed by atoms with Crippen molar-refractivity contribution >= 4 is 26.8 Å². The summed E-state index contributed by atoms with van der Waals surface area (Å²) in [5, 5.41) is 14.8. The molecule has 0 fully saturated rings. The molecule has 3 rings (SSSR count). The molecular weight excluding hydrogens is 359 g/mol. The van der Waals surface area contributed by atoms with E-state index in [9.17, 15) is 9.50 Å². The van der Waals surface area contributed by atoms with Gasteiger partial charge in [-0.1, -0.05) is 30.4 Å². The van der Waals surface area contributed by atoms with Crippen molar-refractivity contribution in [1.82, 2.24) is 9.88 Å². The summed E-state index contributed by atoms with van der Waals surface area (Å²) in [5.74, 6) is 0. The zero-order valence-corrected chi connectivity index (χ0v) is 14.5. The average Bonchev–Trinajstić information content (AvgIpc) is 2.93. The number of nitrogens with one attached hydrogen (secondary N) is 1. The summed E-state index contributed by atoms with van der Waals surface area (Å²) in [6, 6.07) is 7.71. The lowest BCUT2D eigenvalue weighted by Gasteiger charge is -2.30. The normalized spacial score (nSPS) is 20.5. The maximum atomic E-state index is 13.8. The number of hydrogen-bond acceptors (Lipinski definition) is 2. The van der Waals surface area contributed by atoms with Crippen molar-refractivity contribution in [3.63, 3.8) is 0 Å². The molecule has 3 atom stereocenters. The van der Waals surface area contributed by atoms with E-state index in [2.05, 4.69) is 21.2 Å². The van der Waals surface area contributed by atoms with Crippen LogP contribution in [0.2, 0.25) is 0 Å². The smallest absolute Gasteiger partial charge is 0.122 e. The van der Waals surface area contributed by atoms with Crippen molar-refractivity contribution in [2.24, 2.45) is 0 Å². The van der Waals surface area contributed by atoms with Gasteiger partial charge in [0.15, 0.2) is 0 Å². The first-order valence-electron chi connectivity index (χ1n) is 7.71. The summed E-state index contributed by atoms with van der Waals surface area (Å²) < 4.78 is 16.8. The summed E-state index contributed by atoms with van der Waals surface area (Å²) >= 11 is 3.59. The van der Waals surface area contributed by atoms with Crippen LogP contribution in [0.15, 0.2) is 58.7 Å². The van der Waals surface area contributed by atoms with E-state index >= 15 is 0 Å². The molecule has 0 saturated heterocycles. The Hall–Kier alpha value is -1.43. The molecule has 1 aliphatic rings. The molecule has 0 radical (unpaired) electrons. The molecule has 0 bridgehead atoms. The minimum absolute atomic E-state index is 0.304. The molecule has 0 spiro atoms. The van der Waals surface area contributed by atoms with Crippen molar-refractivity contribution in [3.8, 4) is 0 Å². The summed E-state index contributed by atoms with van der Waals surface area (Å²) in [7, 11) is 1.80. The SMILES string of the molecule is CNCC(O)[C@H](C1=CC=CC(F)C1)n1ccc2cccc(Br)c21. The third kappa shape index (κ3) is 3.27. The Morgan fingerprint density at radius 1 is 1.43 bits per heavy atom. The predicted molar refractivity (Wildman–Crippen MR) is 95.3 cm³/mol. The summed E-state index contributed by atoms with van der Waals surface area (Å²) in [6.07, 6.45) is 5.84. The van der Waals surface area contributed by atoms with Gasteiger partial charge in [-0.2, -0.15) is 0 Å². The quantitative estimate of drug-likeness (QED) is 0.831. The van der Waals surface area contributed by atoms with Crippen LogP contribution in [0.1, 0.15) is 12.5 Å². The molecule has 0 saturated carbocycles. The Bertz CT molecular complexity index is 753. The maximum Gasteiger partial charge on any atom is 0.122 e. The first-order chi connectivity index (χ1) is 11.1. The molecule has 3 nitrogen and oxygen atoms in total. The molecule has 2 N–H and O–H groups in total. The lowest BCUT2D eigenvalue weighted by molar-refractivity contribution is 0.127. The van der Waals surface area contributed by atoms with Crippen molar-refractivity contribution < 1.29 is 9.50 Å². The van der Waals surface area contributed by atoms with E-state index in [0.717, 1.165) is 20.9 Å². The molecule has 1 aromatic carbocycles. The highest BCUT2D eigenvalue weighted by Gasteiger charge is 2.28. The van der Waals surface area contributed by atoms with Gasteiger partial charge in [-0.05, 0) is 40.7 Å². The van der Waals surface area contributed by atoms with Crippen molar-refractivity contribution in [2.75, 3.05) is 13.6 Å². The highest BCUT2D eigenvalue weighted by molar-refractivity contribution is 9.10. The first-order valence-corrected chi connectivity index (χ1v) is 8.50. The van der Waals surface area contributed by atoms with Gasteiger partial charge in [0.25, 0.3) is 0 Å². The van der Waals surface area contributed by atoms with Gasteiger partial charge in [0.2, 0.25) is 0 Å². The Balaban J connectivity index is 2.10. The van der Waals surface area contributed by atoms with Gasteiger partial charge in [-0.15, -0.1) is 0 Å². The van der Waals surface area contributed by atoms with Gasteiger partial charge < -0.3 is 15.0 Å². The molecular formula is C18H20BrFN2O. The van der Waals surface area contributed by atoms with Gasteiger partial charge in [0.1, 0.15) is 6.17 Å². The highest BCUT2D eigenvalue weighted by atomic mass is 79.9. The van der Waals surface area contributed by atoms with Crippen LogP contribution in [-0.4, -0.2) is 35.5 Å². The van der Waals surface area contributed by atoms with E-state index in [1.807, 2.05) is 41.1 Å². The number of para-hydroxylation sites is 1. The number of alkyl halides is 1. The fraction of sp³-hybridized carbons (Fsp3) is 0.333. The van der Waals surface area contributed by atoms with Crippen LogP contribution in [-0.2, 0) is 0 Å². The average molecular weight is 379 g/mol. The first kappa shape index (κ1) is 16.4. The lowest BCUT2D eigenvalue weighted by atomic mass is 9.92. The van der Waals surface area contributed by atoms with Gasteiger partial charge in [0.05, 0.1) is 17.7 Å². The Morgan fingerprint density at radius 3 is 3.00 bits per heavy atom. The zero-order valence-electron chi connectivity index (χ0n) is 12.9. The summed E-state index contributed by atoms with van der Waals surface area (Å²) in [5.41, 5.74) is 1.91. The van der Waals surface area contributed by atoms with Gasteiger partial charge in [-0.25, -0.2) is 4.39 Å². The largest absolute Gasteiger partial charge is 0.389 e. The Kier molecular flexibility index (Phi) is 4.99. The Morgan fingerprint density at radius 2 is 2.26 bits per heavy atom. The number of fused-ring (bicyclic) bond motifs is 1. The minimum atomic E-state index is -0.996. The van der Waals surface area contributed by atoms with Crippen LogP contribution in [0.25, 0.3) is 10.9 Å². The number of rotatable bonds is 5. The van der Waals surface area contributed by atoms with Crippen LogP contribution in [0.5, 0.6) is 0 Å². The predicted octanol–water partition coefficient (Wildman–Crippen LogP) is 3.75. The third-order valence-electron chi connectivity index (χ3n) is 4.21. The van der Waals surface area contributed by atoms with Crippen LogP contribution in [0, 0.1) is 0 Å². The molecule has 122 valence electrons. The van der Waals surface area contributed by atoms with Crippen LogP contribution in [0.4, 0.5) is 4.39 Å². The van der Waals surface area contributed by atoms with Crippen molar-refractivity contribution in [3.05, 3.63) is 58.7 Å². The molecule has 5 heteroatoms. The van der Waals surface area contributed by atoms with Gasteiger partial charge in [-0.3, -0.25) is 0 Å². The van der Waals surface area contributed by atoms with Crippen LogP contribution >= 0.6 is 15.9 Å². The van der Waals surface area contributed by atoms with E-state index in [4.69, 9.17) is 0 Å². The number of aliphatic hydroxyl groups is 1. The van der Waals surface area contributed by atoms with Crippen molar-refractivity contribution in [2.45, 2.75) is 24.7 Å². The molecule has 0 amide bonds. The molecule has 1 aliphatic carbocycles. The number of nitrogens with zero attached hydrogens (tertiary/aromatic N) is 1. The minimum Gasteiger partial charge on any atom is -0.389 e. The maximum absolute atomic E-state index is 13.8. The zero-order chi connectivity index (χ0) is 16.4. The molecule has 23 heavy (non-hydrogen) atoms. The molecule has 2 aromatic rings. The highest BCUT2D eigenvalue weighted by Crippen LogP contribution is 2.35. The molecule has 0 aliphatic heterocycles. The van der Waals surface area contributed by atoms with Crippen LogP contribution in [0.3, 0.4) is 0 Å². The topological polar surface area (TPSA) is 37.2 Å². The van der Waals surface area contributed by atoms with E-state index in [1.54, 1.807) is 19.2 Å². The number of hydrogen-bond donors (Lipinski definition) is 2. The van der Waals surface area contributed by atoms with E-state index in [1.165, 1.54) is 0 Å². The summed E-state index contributed by atoms with van der Waals surface area (Å²) in [4.78, 5) is 0. The number of halogens is 2. The van der Waals surface area contributed by atoms with Crippen molar-refractivity contribution in [1.29, 1.82) is 0 Å². The van der Waals surface area contributed by atoms with Gasteiger partial charge in [0, 0.05) is 29.0 Å². The number of allylic oxidation sites excluding steroid dienone is 3. The second kappa shape index (κ2) is 6.99. The number of benzene rings is 1. The second-order valence-electron chi connectivity index (χ2n) is 5.82. The van der Waals surface area contributed by atoms with E-state index in [0.29, 0.717) is 13.0 Å². The van der Waals surface area contributed by atoms with E-state index in [-0.39, 0.29) is 6.04 Å². The number of aromatic nitrogens is 1. The molecule has 1 heterocycles. The van der Waals surface area contributed by atoms with Crippen LogP contribution < -0.4 is 5.32 Å². The fourth-order valence-corrected chi connectivity index (χ4v) is 3.80. The summed E-state index contributed by atoms with van der Waals surface area (Å²) in [6.45, 7) is 0.437. The number of aliphatic hydroxyl groups excluding tert-OH is 1. The molecule has 2 unspecified atom stereocenters. The van der Waals surface area contributed by atoms with Gasteiger partial charge >= 0.3 is 0 Å².